The Morgan fingerprint density at radius 2 is 2.13 bits per heavy atom. The number of aromatic amines is 1. The van der Waals surface area contributed by atoms with Crippen LogP contribution in [0.4, 0.5) is 5.82 Å². The first kappa shape index (κ1) is 11.6. The number of nitrogens with zero attached hydrogens (tertiary/aromatic N) is 1. The molecule has 5 nitrogen and oxygen atoms in total. The molecule has 1 rings (SSSR count). The van der Waals surface area contributed by atoms with Crippen molar-refractivity contribution in [1.82, 2.24) is 15.5 Å². The highest BCUT2D eigenvalue weighted by Gasteiger charge is 2.18. The summed E-state index contributed by atoms with van der Waals surface area (Å²) in [6.45, 7) is 8.54. The van der Waals surface area contributed by atoms with E-state index in [1.165, 1.54) is 0 Å². The molecule has 1 aromatic heterocycles. The van der Waals surface area contributed by atoms with E-state index >= 15 is 0 Å². The summed E-state index contributed by atoms with van der Waals surface area (Å²) in [7, 11) is 0. The number of rotatable bonds is 2. The van der Waals surface area contributed by atoms with Crippen molar-refractivity contribution < 1.29 is 4.79 Å². The number of aryl methyl sites for hydroxylation is 1. The largest absolute Gasteiger partial charge is 0.382 e. The van der Waals surface area contributed by atoms with Crippen LogP contribution in [0.15, 0.2) is 0 Å². The lowest BCUT2D eigenvalue weighted by Crippen LogP contribution is -2.32. The Hall–Kier alpha value is -1.52. The zero-order valence-corrected chi connectivity index (χ0v) is 9.64. The Balaban J connectivity index is 2.70. The first-order chi connectivity index (χ1) is 6.81. The Bertz CT molecular complexity index is 342. The number of nitrogens with two attached hydrogens (primary N) is 1. The number of amides is 1. The summed E-state index contributed by atoms with van der Waals surface area (Å²) in [5, 5.41) is 9.28. The lowest BCUT2D eigenvalue weighted by atomic mass is 9.97. The van der Waals surface area contributed by atoms with Crippen LogP contribution in [0.5, 0.6) is 0 Å². The maximum Gasteiger partial charge on any atom is 0.256 e. The maximum absolute atomic E-state index is 11.7. The number of carbonyl (C=O) groups excluding carboxylic acids is 1. The van der Waals surface area contributed by atoms with Crippen molar-refractivity contribution >= 4 is 11.7 Å². The molecule has 0 spiro atoms. The summed E-state index contributed by atoms with van der Waals surface area (Å²) in [6, 6.07) is 0. The topological polar surface area (TPSA) is 83.8 Å². The molecule has 15 heavy (non-hydrogen) atoms. The van der Waals surface area contributed by atoms with Gasteiger partial charge in [-0.25, -0.2) is 0 Å². The predicted octanol–water partition coefficient (Wildman–Crippen LogP) is 1.08. The molecule has 0 aromatic carbocycles. The van der Waals surface area contributed by atoms with E-state index in [2.05, 4.69) is 36.3 Å². The van der Waals surface area contributed by atoms with E-state index in [-0.39, 0.29) is 17.1 Å². The van der Waals surface area contributed by atoms with Crippen LogP contribution in [0, 0.1) is 12.3 Å². The first-order valence-electron chi connectivity index (χ1n) is 4.90. The van der Waals surface area contributed by atoms with Gasteiger partial charge in [0.1, 0.15) is 5.56 Å². The standard InChI is InChI=1S/C10H18N4O/c1-6-7(8(11)14-13-6)9(15)12-5-10(2,3)4/h5H2,1-4H3,(H,12,15)(H3,11,13,14). The van der Waals surface area contributed by atoms with Crippen LogP contribution in [-0.4, -0.2) is 22.6 Å². The van der Waals surface area contributed by atoms with Gasteiger partial charge in [0, 0.05) is 12.2 Å². The molecule has 0 atom stereocenters. The zero-order valence-electron chi connectivity index (χ0n) is 9.64. The fourth-order valence-electron chi connectivity index (χ4n) is 1.17. The van der Waals surface area contributed by atoms with E-state index in [4.69, 9.17) is 5.73 Å². The summed E-state index contributed by atoms with van der Waals surface area (Å²) in [6.07, 6.45) is 0. The van der Waals surface area contributed by atoms with E-state index < -0.39 is 0 Å². The molecule has 0 saturated heterocycles. The van der Waals surface area contributed by atoms with Crippen LogP contribution in [0.25, 0.3) is 0 Å². The van der Waals surface area contributed by atoms with E-state index in [0.717, 1.165) is 0 Å². The average Bonchev–Trinajstić information content (AvgIpc) is 2.41. The lowest BCUT2D eigenvalue weighted by Gasteiger charge is -2.18. The molecule has 1 heterocycles. The molecule has 0 unspecified atom stereocenters. The van der Waals surface area contributed by atoms with Gasteiger partial charge in [0.2, 0.25) is 0 Å². The number of H-pyrrole nitrogens is 1. The Morgan fingerprint density at radius 1 is 1.53 bits per heavy atom. The summed E-state index contributed by atoms with van der Waals surface area (Å²) in [5.41, 5.74) is 6.77. The number of carbonyl (C=O) groups is 1. The molecule has 0 aliphatic carbocycles. The van der Waals surface area contributed by atoms with Crippen molar-refractivity contribution in [3.8, 4) is 0 Å². The minimum Gasteiger partial charge on any atom is -0.382 e. The molecule has 84 valence electrons. The van der Waals surface area contributed by atoms with Gasteiger partial charge < -0.3 is 11.1 Å². The Morgan fingerprint density at radius 3 is 2.53 bits per heavy atom. The molecule has 0 saturated carbocycles. The Kier molecular flexibility index (Phi) is 3.02. The molecule has 0 radical (unpaired) electrons. The molecule has 1 amide bonds. The van der Waals surface area contributed by atoms with Gasteiger partial charge in [-0.2, -0.15) is 5.10 Å². The van der Waals surface area contributed by atoms with E-state index in [0.29, 0.717) is 17.8 Å². The monoisotopic (exact) mass is 210 g/mol. The Labute approximate surface area is 89.4 Å². The van der Waals surface area contributed by atoms with Gasteiger partial charge in [-0.15, -0.1) is 0 Å². The molecular weight excluding hydrogens is 192 g/mol. The quantitative estimate of drug-likeness (QED) is 0.682. The van der Waals surface area contributed by atoms with Crippen molar-refractivity contribution in [1.29, 1.82) is 0 Å². The van der Waals surface area contributed by atoms with Gasteiger partial charge in [-0.05, 0) is 12.3 Å². The van der Waals surface area contributed by atoms with E-state index in [1.54, 1.807) is 6.92 Å². The van der Waals surface area contributed by atoms with Gasteiger partial charge in [-0.3, -0.25) is 9.89 Å². The van der Waals surface area contributed by atoms with E-state index in [1.807, 2.05) is 0 Å². The number of hydrogen-bond donors (Lipinski definition) is 3. The van der Waals surface area contributed by atoms with E-state index in [9.17, 15) is 4.79 Å². The van der Waals surface area contributed by atoms with Crippen LogP contribution in [0.3, 0.4) is 0 Å². The van der Waals surface area contributed by atoms with Crippen molar-refractivity contribution in [2.24, 2.45) is 5.41 Å². The number of nitrogens with one attached hydrogen (secondary N) is 2. The van der Waals surface area contributed by atoms with Gasteiger partial charge in [-0.1, -0.05) is 20.8 Å². The SMILES string of the molecule is Cc1[nH]nc(N)c1C(=O)NCC(C)(C)C. The third-order valence-electron chi connectivity index (χ3n) is 1.98. The highest BCUT2D eigenvalue weighted by atomic mass is 16.1. The molecular formula is C10H18N4O. The van der Waals surface area contributed by atoms with Crippen molar-refractivity contribution in [2.45, 2.75) is 27.7 Å². The second-order valence-electron chi connectivity index (χ2n) is 4.85. The van der Waals surface area contributed by atoms with Crippen LogP contribution >= 0.6 is 0 Å². The molecule has 0 aliphatic rings. The molecule has 5 heteroatoms. The van der Waals surface area contributed by atoms with Gasteiger partial charge >= 0.3 is 0 Å². The smallest absolute Gasteiger partial charge is 0.256 e. The minimum absolute atomic E-state index is 0.0576. The molecule has 0 fully saturated rings. The molecule has 0 aliphatic heterocycles. The van der Waals surface area contributed by atoms with Crippen LogP contribution in [0.1, 0.15) is 36.8 Å². The fourth-order valence-corrected chi connectivity index (χ4v) is 1.17. The number of hydrogen-bond acceptors (Lipinski definition) is 3. The number of aromatic nitrogens is 2. The van der Waals surface area contributed by atoms with Crippen LogP contribution in [0.2, 0.25) is 0 Å². The third kappa shape index (κ3) is 2.97. The van der Waals surface area contributed by atoms with Crippen molar-refractivity contribution in [3.05, 3.63) is 11.3 Å². The summed E-state index contributed by atoms with van der Waals surface area (Å²) >= 11 is 0. The number of anilines is 1. The summed E-state index contributed by atoms with van der Waals surface area (Å²) in [4.78, 5) is 11.7. The van der Waals surface area contributed by atoms with Crippen molar-refractivity contribution in [3.63, 3.8) is 0 Å². The lowest BCUT2D eigenvalue weighted by molar-refractivity contribution is 0.0939. The highest BCUT2D eigenvalue weighted by molar-refractivity contribution is 5.99. The molecule has 4 N–H and O–H groups in total. The summed E-state index contributed by atoms with van der Waals surface area (Å²) < 4.78 is 0. The van der Waals surface area contributed by atoms with Gasteiger partial charge in [0.05, 0.1) is 0 Å². The summed E-state index contributed by atoms with van der Waals surface area (Å²) in [5.74, 6) is 0.0765. The zero-order chi connectivity index (χ0) is 11.6. The predicted molar refractivity (Wildman–Crippen MR) is 59.5 cm³/mol. The maximum atomic E-state index is 11.7. The molecule has 0 bridgehead atoms. The normalized spacial score (nSPS) is 11.5. The second kappa shape index (κ2) is 3.92. The first-order valence-corrected chi connectivity index (χ1v) is 4.90. The fraction of sp³-hybridized carbons (Fsp3) is 0.600. The van der Waals surface area contributed by atoms with Crippen LogP contribution in [-0.2, 0) is 0 Å². The van der Waals surface area contributed by atoms with Gasteiger partial charge in [0.25, 0.3) is 5.91 Å². The molecule has 1 aromatic rings. The second-order valence-corrected chi connectivity index (χ2v) is 4.85. The highest BCUT2D eigenvalue weighted by Crippen LogP contribution is 2.14. The van der Waals surface area contributed by atoms with Crippen molar-refractivity contribution in [2.75, 3.05) is 12.3 Å². The average molecular weight is 210 g/mol. The third-order valence-corrected chi connectivity index (χ3v) is 1.98. The van der Waals surface area contributed by atoms with Gasteiger partial charge in [0.15, 0.2) is 5.82 Å². The minimum atomic E-state index is -0.173. The number of nitrogen functional groups attached to an aromatic ring is 1. The van der Waals surface area contributed by atoms with Crippen LogP contribution < -0.4 is 11.1 Å².